The highest BCUT2D eigenvalue weighted by Crippen LogP contribution is 2.19. The first-order valence-corrected chi connectivity index (χ1v) is 7.34. The maximum absolute atomic E-state index is 13.1. The fourth-order valence-corrected chi connectivity index (χ4v) is 2.90. The Morgan fingerprint density at radius 3 is 2.85 bits per heavy atom. The van der Waals surface area contributed by atoms with E-state index in [1.165, 1.54) is 6.07 Å². The van der Waals surface area contributed by atoms with Crippen molar-refractivity contribution in [3.8, 4) is 0 Å². The van der Waals surface area contributed by atoms with Gasteiger partial charge in [-0.25, -0.2) is 4.39 Å². The summed E-state index contributed by atoms with van der Waals surface area (Å²) in [6.45, 7) is 3.06. The zero-order chi connectivity index (χ0) is 14.7. The third-order valence-corrected chi connectivity index (χ3v) is 4.27. The molecule has 1 N–H and O–H groups in total. The lowest BCUT2D eigenvalue weighted by molar-refractivity contribution is 0.0639. The molecule has 1 aliphatic rings. The number of halogens is 2. The molecule has 1 fully saturated rings. The van der Waals surface area contributed by atoms with Crippen LogP contribution in [0.25, 0.3) is 0 Å². The topological polar surface area (TPSA) is 26.7 Å². The Balaban J connectivity index is 1.91. The van der Waals surface area contributed by atoms with Gasteiger partial charge in [0.1, 0.15) is 5.82 Å². The molecule has 5 heteroatoms. The van der Waals surface area contributed by atoms with Crippen LogP contribution in [-0.4, -0.2) is 60.8 Å². The third-order valence-electron chi connectivity index (χ3n) is 3.98. The van der Waals surface area contributed by atoms with Crippen molar-refractivity contribution in [2.24, 2.45) is 0 Å². The van der Waals surface area contributed by atoms with Gasteiger partial charge in [-0.05, 0) is 44.6 Å². The summed E-state index contributed by atoms with van der Waals surface area (Å²) in [6, 6.07) is 4.99. The molecule has 112 valence electrons. The van der Waals surface area contributed by atoms with E-state index >= 15 is 0 Å². The Bertz CT molecular complexity index is 457. The van der Waals surface area contributed by atoms with Crippen LogP contribution in [0.3, 0.4) is 0 Å². The van der Waals surface area contributed by atoms with E-state index in [9.17, 15) is 9.50 Å². The average Bonchev–Trinajstić information content (AvgIpc) is 2.38. The molecule has 2 atom stereocenters. The molecule has 0 aromatic heterocycles. The van der Waals surface area contributed by atoms with Crippen LogP contribution < -0.4 is 0 Å². The first kappa shape index (κ1) is 15.7. The molecule has 3 nitrogen and oxygen atoms in total. The molecule has 2 rings (SSSR count). The van der Waals surface area contributed by atoms with Gasteiger partial charge in [-0.15, -0.1) is 0 Å². The van der Waals surface area contributed by atoms with E-state index < -0.39 is 11.9 Å². The van der Waals surface area contributed by atoms with E-state index in [1.807, 2.05) is 0 Å². The molecule has 1 aliphatic heterocycles. The number of nitrogens with zero attached hydrogens (tertiary/aromatic N) is 2. The maximum atomic E-state index is 13.1. The molecular weight excluding hydrogens is 279 g/mol. The fraction of sp³-hybridized carbons (Fsp3) is 0.600. The van der Waals surface area contributed by atoms with Crippen LogP contribution in [0.15, 0.2) is 18.2 Å². The highest BCUT2D eigenvalue weighted by molar-refractivity contribution is 6.30. The van der Waals surface area contributed by atoms with Crippen LogP contribution in [0.1, 0.15) is 12.0 Å². The van der Waals surface area contributed by atoms with Gasteiger partial charge in [-0.1, -0.05) is 17.7 Å². The van der Waals surface area contributed by atoms with E-state index in [1.54, 1.807) is 12.1 Å². The summed E-state index contributed by atoms with van der Waals surface area (Å²) in [5.41, 5.74) is 0.871. The second-order valence-electron chi connectivity index (χ2n) is 5.74. The summed E-state index contributed by atoms with van der Waals surface area (Å²) >= 11 is 5.76. The normalized spacial score (nSPS) is 22.9. The summed E-state index contributed by atoms with van der Waals surface area (Å²) < 4.78 is 13.1. The molecule has 0 saturated carbocycles. The van der Waals surface area contributed by atoms with Crippen LogP contribution >= 0.6 is 11.6 Å². The SMILES string of the molecule is CN1CCN(C)C(CC(O)Cc2ccc(F)c(Cl)c2)C1. The largest absolute Gasteiger partial charge is 0.393 e. The van der Waals surface area contributed by atoms with Gasteiger partial charge in [0.15, 0.2) is 0 Å². The van der Waals surface area contributed by atoms with Gasteiger partial charge in [0.25, 0.3) is 0 Å². The predicted octanol–water partition coefficient (Wildman–Crippen LogP) is 2.02. The highest BCUT2D eigenvalue weighted by Gasteiger charge is 2.24. The zero-order valence-corrected chi connectivity index (χ0v) is 12.8. The molecular formula is C15H22ClFN2O. The van der Waals surface area contributed by atoms with Gasteiger partial charge in [0.2, 0.25) is 0 Å². The third kappa shape index (κ3) is 4.16. The lowest BCUT2D eigenvalue weighted by Crippen LogP contribution is -2.51. The van der Waals surface area contributed by atoms with Gasteiger partial charge in [0.05, 0.1) is 11.1 Å². The van der Waals surface area contributed by atoms with Crippen molar-refractivity contribution < 1.29 is 9.50 Å². The summed E-state index contributed by atoms with van der Waals surface area (Å²) in [7, 11) is 4.20. The Labute approximate surface area is 124 Å². The Kier molecular flexibility index (Phi) is 5.38. The Hall–Kier alpha value is -0.680. The second-order valence-corrected chi connectivity index (χ2v) is 6.15. The summed E-state index contributed by atoms with van der Waals surface area (Å²) in [4.78, 5) is 4.58. The number of aliphatic hydroxyl groups is 1. The monoisotopic (exact) mass is 300 g/mol. The van der Waals surface area contributed by atoms with Gasteiger partial charge in [-0.3, -0.25) is 0 Å². The summed E-state index contributed by atoms with van der Waals surface area (Å²) in [5, 5.41) is 10.4. The van der Waals surface area contributed by atoms with Gasteiger partial charge < -0.3 is 14.9 Å². The standard InChI is InChI=1S/C15H22ClFN2O/c1-18-5-6-19(2)12(10-18)9-13(20)7-11-3-4-15(17)14(16)8-11/h3-4,8,12-13,20H,5-7,9-10H2,1-2H3. The minimum absolute atomic E-state index is 0.115. The van der Waals surface area contributed by atoms with Crippen molar-refractivity contribution in [1.29, 1.82) is 0 Å². The molecule has 20 heavy (non-hydrogen) atoms. The van der Waals surface area contributed by atoms with Gasteiger partial charge in [-0.2, -0.15) is 0 Å². The van der Waals surface area contributed by atoms with Crippen molar-refractivity contribution in [3.05, 3.63) is 34.6 Å². The molecule has 0 bridgehead atoms. The zero-order valence-electron chi connectivity index (χ0n) is 12.0. The number of hydrogen-bond donors (Lipinski definition) is 1. The molecule has 1 heterocycles. The van der Waals surface area contributed by atoms with Crippen LogP contribution in [0, 0.1) is 5.82 Å². The molecule has 2 unspecified atom stereocenters. The second kappa shape index (κ2) is 6.85. The van der Waals surface area contributed by atoms with E-state index in [-0.39, 0.29) is 5.02 Å². The van der Waals surface area contributed by atoms with Crippen molar-refractivity contribution in [3.63, 3.8) is 0 Å². The predicted molar refractivity (Wildman–Crippen MR) is 79.7 cm³/mol. The molecule has 0 aliphatic carbocycles. The summed E-state index contributed by atoms with van der Waals surface area (Å²) in [5.74, 6) is -0.418. The van der Waals surface area contributed by atoms with Crippen LogP contribution in [0.5, 0.6) is 0 Å². The average molecular weight is 301 g/mol. The van der Waals surface area contributed by atoms with E-state index in [0.29, 0.717) is 12.5 Å². The quantitative estimate of drug-likeness (QED) is 0.921. The van der Waals surface area contributed by atoms with E-state index in [0.717, 1.165) is 31.6 Å². The van der Waals surface area contributed by atoms with E-state index in [2.05, 4.69) is 23.9 Å². The van der Waals surface area contributed by atoms with Crippen LogP contribution in [-0.2, 0) is 6.42 Å². The first-order valence-electron chi connectivity index (χ1n) is 6.96. The molecule has 0 amide bonds. The number of benzene rings is 1. The smallest absolute Gasteiger partial charge is 0.141 e. The molecule has 0 radical (unpaired) electrons. The van der Waals surface area contributed by atoms with Gasteiger partial charge in [0, 0.05) is 25.7 Å². The van der Waals surface area contributed by atoms with E-state index in [4.69, 9.17) is 11.6 Å². The lowest BCUT2D eigenvalue weighted by Gasteiger charge is -2.38. The number of rotatable bonds is 4. The summed E-state index contributed by atoms with van der Waals surface area (Å²) in [6.07, 6.45) is 0.791. The Morgan fingerprint density at radius 1 is 1.40 bits per heavy atom. The number of aliphatic hydroxyl groups excluding tert-OH is 1. The maximum Gasteiger partial charge on any atom is 0.141 e. The first-order chi connectivity index (χ1) is 9.45. The van der Waals surface area contributed by atoms with Crippen molar-refractivity contribution in [2.45, 2.75) is 25.0 Å². The molecule has 1 aromatic rings. The minimum Gasteiger partial charge on any atom is -0.393 e. The molecule has 1 saturated heterocycles. The van der Waals surface area contributed by atoms with Crippen molar-refractivity contribution in [1.82, 2.24) is 9.80 Å². The lowest BCUT2D eigenvalue weighted by atomic mass is 9.99. The highest BCUT2D eigenvalue weighted by atomic mass is 35.5. The number of hydrogen-bond acceptors (Lipinski definition) is 3. The molecule has 0 spiro atoms. The van der Waals surface area contributed by atoms with Crippen LogP contribution in [0.2, 0.25) is 5.02 Å². The van der Waals surface area contributed by atoms with Crippen LogP contribution in [0.4, 0.5) is 4.39 Å². The number of likely N-dealkylation sites (N-methyl/N-ethyl adjacent to an activating group) is 2. The van der Waals surface area contributed by atoms with Crippen molar-refractivity contribution in [2.75, 3.05) is 33.7 Å². The molecule has 1 aromatic carbocycles. The van der Waals surface area contributed by atoms with Gasteiger partial charge >= 0.3 is 0 Å². The van der Waals surface area contributed by atoms with Crippen molar-refractivity contribution >= 4 is 11.6 Å². The fourth-order valence-electron chi connectivity index (χ4n) is 2.69. The Morgan fingerprint density at radius 2 is 2.15 bits per heavy atom. The minimum atomic E-state index is -0.435. The number of piperazine rings is 1.